The Morgan fingerprint density at radius 3 is 2.62 bits per heavy atom. The molecular formula is C16H19NO6S. The summed E-state index contributed by atoms with van der Waals surface area (Å²) in [6.45, 7) is 1.56. The summed E-state index contributed by atoms with van der Waals surface area (Å²) in [5, 5.41) is 18.8. The molecule has 3 atom stereocenters. The molecule has 0 aliphatic carbocycles. The first-order valence-electron chi connectivity index (χ1n) is 7.38. The summed E-state index contributed by atoms with van der Waals surface area (Å²) < 4.78 is 4.57. The molecule has 1 heterocycles. The van der Waals surface area contributed by atoms with E-state index in [4.69, 9.17) is 0 Å². The summed E-state index contributed by atoms with van der Waals surface area (Å²) in [6, 6.07) is 5.50. The smallest absolute Gasteiger partial charge is 0.327 e. The molecule has 2 rings (SSSR count). The number of aliphatic carboxylic acids is 1. The van der Waals surface area contributed by atoms with E-state index in [0.29, 0.717) is 5.56 Å². The molecule has 1 saturated heterocycles. The number of benzene rings is 1. The summed E-state index contributed by atoms with van der Waals surface area (Å²) in [4.78, 5) is 36.9. The predicted octanol–water partition coefficient (Wildman–Crippen LogP) is 1.62. The Balaban J connectivity index is 2.32. The van der Waals surface area contributed by atoms with E-state index < -0.39 is 35.2 Å². The van der Waals surface area contributed by atoms with Crippen LogP contribution in [0.4, 0.5) is 0 Å². The van der Waals surface area contributed by atoms with Crippen LogP contribution < -0.4 is 0 Å². The van der Waals surface area contributed by atoms with Gasteiger partial charge in [-0.2, -0.15) is 0 Å². The lowest BCUT2D eigenvalue weighted by atomic mass is 10.0. The molecule has 8 heteroatoms. The van der Waals surface area contributed by atoms with Gasteiger partial charge in [0.2, 0.25) is 5.91 Å². The number of phenols is 1. The van der Waals surface area contributed by atoms with Crippen molar-refractivity contribution in [1.29, 1.82) is 0 Å². The van der Waals surface area contributed by atoms with Crippen molar-refractivity contribution in [3.05, 3.63) is 29.8 Å². The van der Waals surface area contributed by atoms with Gasteiger partial charge in [-0.05, 0) is 6.07 Å². The number of thioether (sulfide) groups is 1. The van der Waals surface area contributed by atoms with Gasteiger partial charge in [0, 0.05) is 17.2 Å². The minimum absolute atomic E-state index is 0.000500. The monoisotopic (exact) mass is 353 g/mol. The van der Waals surface area contributed by atoms with Crippen LogP contribution in [0.3, 0.4) is 0 Å². The van der Waals surface area contributed by atoms with Crippen LogP contribution in [0, 0.1) is 5.92 Å². The van der Waals surface area contributed by atoms with E-state index in [1.165, 1.54) is 29.8 Å². The summed E-state index contributed by atoms with van der Waals surface area (Å²) >= 11 is 1.27. The molecule has 1 amide bonds. The fourth-order valence-electron chi connectivity index (χ4n) is 2.58. The number of esters is 1. The molecule has 0 radical (unpaired) electrons. The lowest BCUT2D eigenvalue weighted by Gasteiger charge is -2.30. The molecule has 0 spiro atoms. The number of carboxylic acids is 1. The van der Waals surface area contributed by atoms with Gasteiger partial charge in [0.05, 0.1) is 13.5 Å². The molecule has 24 heavy (non-hydrogen) atoms. The van der Waals surface area contributed by atoms with Crippen molar-refractivity contribution in [1.82, 2.24) is 4.90 Å². The molecular weight excluding hydrogens is 334 g/mol. The molecule has 1 aromatic rings. The number of carboxylic acid groups (broad SMARTS) is 1. The van der Waals surface area contributed by atoms with Gasteiger partial charge in [-0.25, -0.2) is 4.79 Å². The number of phenolic OH excluding ortho intramolecular Hbond substituents is 1. The van der Waals surface area contributed by atoms with Gasteiger partial charge < -0.3 is 19.8 Å². The number of hydrogen-bond donors (Lipinski definition) is 2. The molecule has 0 saturated carbocycles. The van der Waals surface area contributed by atoms with E-state index in [-0.39, 0.29) is 17.9 Å². The van der Waals surface area contributed by atoms with Crippen molar-refractivity contribution < 1.29 is 29.3 Å². The quantitative estimate of drug-likeness (QED) is 0.775. The Morgan fingerprint density at radius 2 is 2.04 bits per heavy atom. The van der Waals surface area contributed by atoms with Crippen LogP contribution >= 0.6 is 11.8 Å². The summed E-state index contributed by atoms with van der Waals surface area (Å²) in [7, 11) is 1.23. The maximum atomic E-state index is 12.8. The zero-order valence-electron chi connectivity index (χ0n) is 13.3. The highest BCUT2D eigenvalue weighted by Gasteiger charge is 2.44. The number of rotatable bonds is 5. The average molecular weight is 353 g/mol. The molecule has 130 valence electrons. The Kier molecular flexibility index (Phi) is 5.71. The van der Waals surface area contributed by atoms with Gasteiger partial charge in [0.15, 0.2) is 0 Å². The predicted molar refractivity (Wildman–Crippen MR) is 87.4 cm³/mol. The minimum Gasteiger partial charge on any atom is -0.508 e. The zero-order valence-corrected chi connectivity index (χ0v) is 14.2. The zero-order chi connectivity index (χ0) is 17.9. The van der Waals surface area contributed by atoms with Gasteiger partial charge >= 0.3 is 11.9 Å². The van der Waals surface area contributed by atoms with E-state index >= 15 is 0 Å². The average Bonchev–Trinajstić information content (AvgIpc) is 2.99. The second-order valence-electron chi connectivity index (χ2n) is 5.53. The van der Waals surface area contributed by atoms with Crippen LogP contribution in [0.2, 0.25) is 0 Å². The molecule has 1 aromatic carbocycles. The van der Waals surface area contributed by atoms with Crippen LogP contribution in [0.5, 0.6) is 5.75 Å². The van der Waals surface area contributed by atoms with Crippen molar-refractivity contribution in [2.75, 3.05) is 12.9 Å². The number of amides is 1. The van der Waals surface area contributed by atoms with Crippen LogP contribution in [0.1, 0.15) is 24.3 Å². The van der Waals surface area contributed by atoms with Gasteiger partial charge in [0.1, 0.15) is 17.2 Å². The normalized spacial score (nSPS) is 21.3. The van der Waals surface area contributed by atoms with Gasteiger partial charge in [0.25, 0.3) is 0 Å². The number of ether oxygens (including phenoxy) is 1. The van der Waals surface area contributed by atoms with Crippen molar-refractivity contribution in [3.63, 3.8) is 0 Å². The van der Waals surface area contributed by atoms with E-state index in [1.54, 1.807) is 25.1 Å². The van der Waals surface area contributed by atoms with E-state index in [0.717, 1.165) is 0 Å². The third-order valence-electron chi connectivity index (χ3n) is 3.86. The lowest BCUT2D eigenvalue weighted by Crippen LogP contribution is -2.45. The summed E-state index contributed by atoms with van der Waals surface area (Å²) in [6.07, 6.45) is -0.129. The molecule has 1 fully saturated rings. The Hall–Kier alpha value is -2.22. The Morgan fingerprint density at radius 1 is 1.38 bits per heavy atom. The van der Waals surface area contributed by atoms with Gasteiger partial charge in [-0.1, -0.05) is 25.1 Å². The molecule has 1 aliphatic rings. The van der Waals surface area contributed by atoms with Crippen LogP contribution in [0.15, 0.2) is 24.3 Å². The highest BCUT2D eigenvalue weighted by atomic mass is 32.2. The molecule has 0 bridgehead atoms. The fraction of sp³-hybridized carbons (Fsp3) is 0.438. The highest BCUT2D eigenvalue weighted by molar-refractivity contribution is 7.99. The number of carbonyl (C=O) groups is 3. The fourth-order valence-corrected chi connectivity index (χ4v) is 4.03. The maximum Gasteiger partial charge on any atom is 0.327 e. The van der Waals surface area contributed by atoms with E-state index in [9.17, 15) is 24.6 Å². The Bertz CT molecular complexity index is 649. The van der Waals surface area contributed by atoms with Crippen molar-refractivity contribution in [2.45, 2.75) is 24.8 Å². The largest absolute Gasteiger partial charge is 0.508 e. The number of carbonyl (C=O) groups excluding carboxylic acids is 2. The first-order chi connectivity index (χ1) is 11.4. The Labute approximate surface area is 143 Å². The molecule has 7 nitrogen and oxygen atoms in total. The maximum absolute atomic E-state index is 12.8. The van der Waals surface area contributed by atoms with Crippen LogP contribution in [0.25, 0.3) is 0 Å². The van der Waals surface area contributed by atoms with Gasteiger partial charge in [-0.3, -0.25) is 9.59 Å². The lowest BCUT2D eigenvalue weighted by molar-refractivity contribution is -0.152. The van der Waals surface area contributed by atoms with Crippen LogP contribution in [-0.4, -0.2) is 51.9 Å². The van der Waals surface area contributed by atoms with Crippen molar-refractivity contribution in [2.24, 2.45) is 5.92 Å². The number of aromatic hydroxyl groups is 1. The molecule has 2 unspecified atom stereocenters. The number of nitrogens with zero attached hydrogens (tertiary/aromatic N) is 1. The first-order valence-corrected chi connectivity index (χ1v) is 8.43. The van der Waals surface area contributed by atoms with E-state index in [1.807, 2.05) is 0 Å². The third kappa shape index (κ3) is 3.64. The molecule has 0 aromatic heterocycles. The molecule has 2 N–H and O–H groups in total. The second-order valence-corrected chi connectivity index (χ2v) is 6.64. The van der Waals surface area contributed by atoms with E-state index in [2.05, 4.69) is 4.74 Å². The van der Waals surface area contributed by atoms with Crippen LogP contribution in [-0.2, 0) is 19.1 Å². The number of para-hydroxylation sites is 1. The SMILES string of the molecule is COC(=O)CC(C)C(=O)N1C(c2ccccc2O)SC[C@H]1C(=O)O. The second kappa shape index (κ2) is 7.57. The van der Waals surface area contributed by atoms with Crippen molar-refractivity contribution in [3.8, 4) is 5.75 Å². The standard InChI is InChI=1S/C16H19NO6S/c1-9(7-13(19)23-2)14(20)17-11(16(21)22)8-24-15(17)10-5-3-4-6-12(10)18/h3-6,9,11,15,18H,7-8H2,1-2H3,(H,21,22)/t9?,11-,15?/m0/s1. The molecule has 1 aliphatic heterocycles. The topological polar surface area (TPSA) is 104 Å². The highest BCUT2D eigenvalue weighted by Crippen LogP contribution is 2.45. The third-order valence-corrected chi connectivity index (χ3v) is 5.17. The summed E-state index contributed by atoms with van der Waals surface area (Å²) in [5.74, 6) is -2.60. The first kappa shape index (κ1) is 18.1. The van der Waals surface area contributed by atoms with Crippen molar-refractivity contribution >= 4 is 29.6 Å². The number of hydrogen-bond acceptors (Lipinski definition) is 6. The summed E-state index contributed by atoms with van der Waals surface area (Å²) in [5.41, 5.74) is 0.477. The minimum atomic E-state index is -1.11. The number of methoxy groups -OCH3 is 1. The van der Waals surface area contributed by atoms with Gasteiger partial charge in [-0.15, -0.1) is 11.8 Å².